The van der Waals surface area contributed by atoms with Crippen molar-refractivity contribution in [1.29, 1.82) is 0 Å². The number of nitro benzene ring substituents is 1. The zero-order chi connectivity index (χ0) is 16.7. The van der Waals surface area contributed by atoms with Crippen LogP contribution in [0.1, 0.15) is 23.7 Å². The summed E-state index contributed by atoms with van der Waals surface area (Å²) in [5.41, 5.74) is -1.07. The van der Waals surface area contributed by atoms with E-state index in [1.165, 1.54) is 24.1 Å². The summed E-state index contributed by atoms with van der Waals surface area (Å²) in [5, 5.41) is 10.8. The first kappa shape index (κ1) is 16.7. The molecule has 1 atom stereocenters. The molecule has 7 nitrogen and oxygen atoms in total. The van der Waals surface area contributed by atoms with E-state index in [4.69, 9.17) is 11.6 Å². The van der Waals surface area contributed by atoms with Gasteiger partial charge in [0.05, 0.1) is 22.0 Å². The van der Waals surface area contributed by atoms with Gasteiger partial charge < -0.3 is 4.90 Å². The van der Waals surface area contributed by atoms with E-state index in [0.717, 1.165) is 6.07 Å². The second-order valence-electron chi connectivity index (χ2n) is 5.63. The summed E-state index contributed by atoms with van der Waals surface area (Å²) in [6.07, 6.45) is 0.341. The van der Waals surface area contributed by atoms with Crippen LogP contribution in [-0.2, 0) is 9.84 Å². The third kappa shape index (κ3) is 3.07. The molecule has 1 aromatic rings. The van der Waals surface area contributed by atoms with E-state index in [1.807, 2.05) is 0 Å². The number of carbonyl (C=O) groups excluding carboxylic acids is 1. The van der Waals surface area contributed by atoms with Crippen LogP contribution in [0, 0.1) is 10.1 Å². The van der Waals surface area contributed by atoms with Gasteiger partial charge in [-0.3, -0.25) is 14.9 Å². The maximum Gasteiger partial charge on any atom is 0.288 e. The Morgan fingerprint density at radius 1 is 1.45 bits per heavy atom. The number of hydrogen-bond donors (Lipinski definition) is 0. The van der Waals surface area contributed by atoms with E-state index >= 15 is 0 Å². The second kappa shape index (κ2) is 5.51. The molecule has 1 amide bonds. The van der Waals surface area contributed by atoms with Gasteiger partial charge in [-0.15, -0.1) is 0 Å². The molecule has 1 aliphatic heterocycles. The van der Waals surface area contributed by atoms with Crippen molar-refractivity contribution in [2.45, 2.75) is 18.9 Å². The van der Waals surface area contributed by atoms with Gasteiger partial charge in [-0.25, -0.2) is 8.42 Å². The number of halogens is 1. The molecule has 1 heterocycles. The molecule has 22 heavy (non-hydrogen) atoms. The number of nitro groups is 1. The van der Waals surface area contributed by atoms with Gasteiger partial charge in [0.1, 0.15) is 5.02 Å². The average molecular weight is 347 g/mol. The minimum absolute atomic E-state index is 0.0296. The van der Waals surface area contributed by atoms with E-state index in [1.54, 1.807) is 6.92 Å². The van der Waals surface area contributed by atoms with Crippen LogP contribution in [0.2, 0.25) is 5.02 Å². The van der Waals surface area contributed by atoms with Crippen molar-refractivity contribution in [3.05, 3.63) is 38.9 Å². The normalized spacial score (nSPS) is 23.2. The van der Waals surface area contributed by atoms with Crippen molar-refractivity contribution in [2.75, 3.05) is 18.6 Å². The molecule has 0 spiro atoms. The molecule has 120 valence electrons. The number of sulfone groups is 1. The maximum atomic E-state index is 12.5. The van der Waals surface area contributed by atoms with Crippen LogP contribution in [0.3, 0.4) is 0 Å². The quantitative estimate of drug-likeness (QED) is 0.615. The number of nitrogens with zero attached hydrogens (tertiary/aromatic N) is 2. The molecule has 0 N–H and O–H groups in total. The van der Waals surface area contributed by atoms with Gasteiger partial charge in [-0.05, 0) is 25.5 Å². The van der Waals surface area contributed by atoms with Gasteiger partial charge in [0.15, 0.2) is 9.84 Å². The Kier molecular flexibility index (Phi) is 4.18. The first-order valence-corrected chi connectivity index (χ1v) is 8.68. The molecule has 2 rings (SSSR count). The van der Waals surface area contributed by atoms with Gasteiger partial charge in [0.25, 0.3) is 11.6 Å². The number of rotatable bonds is 3. The van der Waals surface area contributed by atoms with Crippen molar-refractivity contribution in [3.8, 4) is 0 Å². The monoisotopic (exact) mass is 346 g/mol. The van der Waals surface area contributed by atoms with Crippen LogP contribution in [0.4, 0.5) is 5.69 Å². The summed E-state index contributed by atoms with van der Waals surface area (Å²) in [7, 11) is -1.66. The summed E-state index contributed by atoms with van der Waals surface area (Å²) in [6, 6.07) is 3.78. The smallest absolute Gasteiger partial charge is 0.288 e. The Bertz CT molecular complexity index is 749. The van der Waals surface area contributed by atoms with Gasteiger partial charge >= 0.3 is 0 Å². The van der Waals surface area contributed by atoms with E-state index < -0.39 is 26.2 Å². The van der Waals surface area contributed by atoms with Crippen LogP contribution >= 0.6 is 11.6 Å². The Balaban J connectivity index is 2.32. The summed E-state index contributed by atoms with van der Waals surface area (Å²) in [5.74, 6) is -0.556. The Labute approximate surface area is 132 Å². The first-order valence-electron chi connectivity index (χ1n) is 6.48. The van der Waals surface area contributed by atoms with Crippen molar-refractivity contribution in [3.63, 3.8) is 0 Å². The van der Waals surface area contributed by atoms with Crippen molar-refractivity contribution < 1.29 is 18.1 Å². The lowest BCUT2D eigenvalue weighted by molar-refractivity contribution is -0.384. The first-order chi connectivity index (χ1) is 10.1. The second-order valence-corrected chi connectivity index (χ2v) is 8.22. The molecule has 0 radical (unpaired) electrons. The predicted molar refractivity (Wildman–Crippen MR) is 81.9 cm³/mol. The molecule has 0 bridgehead atoms. The number of benzene rings is 1. The SMILES string of the molecule is CN(C(=O)c1ccc(Cl)c([N+](=O)[O-])c1)[C@@]1(C)CCS(=O)(=O)C1. The molecule has 0 saturated carbocycles. The lowest BCUT2D eigenvalue weighted by Gasteiger charge is -2.34. The van der Waals surface area contributed by atoms with E-state index in [-0.39, 0.29) is 27.8 Å². The molecular formula is C13H15ClN2O5S. The lowest BCUT2D eigenvalue weighted by Crippen LogP contribution is -2.48. The average Bonchev–Trinajstić information content (AvgIpc) is 2.72. The largest absolute Gasteiger partial charge is 0.335 e. The summed E-state index contributed by atoms with van der Waals surface area (Å²) < 4.78 is 23.3. The van der Waals surface area contributed by atoms with Gasteiger partial charge in [0, 0.05) is 18.7 Å². The molecule has 1 aromatic carbocycles. The van der Waals surface area contributed by atoms with Crippen molar-refractivity contribution >= 4 is 33.0 Å². The zero-order valence-electron chi connectivity index (χ0n) is 12.1. The van der Waals surface area contributed by atoms with Crippen molar-refractivity contribution in [2.24, 2.45) is 0 Å². The van der Waals surface area contributed by atoms with Crippen LogP contribution in [0.5, 0.6) is 0 Å². The molecule has 9 heteroatoms. The third-order valence-electron chi connectivity index (χ3n) is 3.99. The highest BCUT2D eigenvalue weighted by Crippen LogP contribution is 2.31. The third-order valence-corrected chi connectivity index (χ3v) is 6.19. The summed E-state index contributed by atoms with van der Waals surface area (Å²) >= 11 is 5.72. The fourth-order valence-corrected chi connectivity index (χ4v) is 4.85. The van der Waals surface area contributed by atoms with Crippen LogP contribution in [-0.4, -0.2) is 48.2 Å². The standard InChI is InChI=1S/C13H15ClN2O5S/c1-13(5-6-22(20,21)8-13)15(2)12(17)9-3-4-10(14)11(7-9)16(18)19/h3-4,7H,5-6,8H2,1-2H3/t13-/m0/s1. The zero-order valence-corrected chi connectivity index (χ0v) is 13.6. The van der Waals surface area contributed by atoms with Gasteiger partial charge in [-0.1, -0.05) is 11.6 Å². The minimum Gasteiger partial charge on any atom is -0.335 e. The molecule has 1 saturated heterocycles. The van der Waals surface area contributed by atoms with Crippen LogP contribution in [0.25, 0.3) is 0 Å². The van der Waals surface area contributed by atoms with Gasteiger partial charge in [-0.2, -0.15) is 0 Å². The molecular weight excluding hydrogens is 332 g/mol. The summed E-state index contributed by atoms with van der Waals surface area (Å²) in [4.78, 5) is 24.1. The molecule has 0 aromatic heterocycles. The number of hydrogen-bond acceptors (Lipinski definition) is 5. The molecule has 1 aliphatic rings. The highest BCUT2D eigenvalue weighted by atomic mass is 35.5. The molecule has 0 aliphatic carbocycles. The van der Waals surface area contributed by atoms with Crippen molar-refractivity contribution in [1.82, 2.24) is 4.90 Å². The highest BCUT2D eigenvalue weighted by Gasteiger charge is 2.43. The lowest BCUT2D eigenvalue weighted by atomic mass is 9.99. The van der Waals surface area contributed by atoms with E-state index in [0.29, 0.717) is 6.42 Å². The van der Waals surface area contributed by atoms with E-state index in [9.17, 15) is 23.3 Å². The maximum absolute atomic E-state index is 12.5. The minimum atomic E-state index is -3.17. The number of carbonyl (C=O) groups is 1. The fraction of sp³-hybridized carbons (Fsp3) is 0.462. The predicted octanol–water partition coefficient (Wildman–Crippen LogP) is 1.90. The Morgan fingerprint density at radius 2 is 2.09 bits per heavy atom. The molecule has 0 unspecified atom stereocenters. The summed E-state index contributed by atoms with van der Waals surface area (Å²) in [6.45, 7) is 1.69. The van der Waals surface area contributed by atoms with Crippen LogP contribution < -0.4 is 0 Å². The fourth-order valence-electron chi connectivity index (χ4n) is 2.48. The number of amides is 1. The molecule has 1 fully saturated rings. The Hall–Kier alpha value is -1.67. The topological polar surface area (TPSA) is 97.6 Å². The highest BCUT2D eigenvalue weighted by molar-refractivity contribution is 7.91. The Morgan fingerprint density at radius 3 is 2.59 bits per heavy atom. The van der Waals surface area contributed by atoms with E-state index in [2.05, 4.69) is 0 Å². The van der Waals surface area contributed by atoms with Gasteiger partial charge in [0.2, 0.25) is 0 Å². The van der Waals surface area contributed by atoms with Crippen LogP contribution in [0.15, 0.2) is 18.2 Å².